The second-order valence-electron chi connectivity index (χ2n) is 5.36. The van der Waals surface area contributed by atoms with Crippen molar-refractivity contribution in [2.45, 2.75) is 13.1 Å². The highest BCUT2D eigenvalue weighted by molar-refractivity contribution is 5.36. The van der Waals surface area contributed by atoms with E-state index in [1.807, 2.05) is 36.4 Å². The third-order valence-electron chi connectivity index (χ3n) is 3.56. The van der Waals surface area contributed by atoms with Crippen LogP contribution in [0.1, 0.15) is 17.1 Å². The third kappa shape index (κ3) is 4.51. The minimum atomic E-state index is 0.510. The minimum absolute atomic E-state index is 0.510. The molecule has 3 aromatic rings. The maximum absolute atomic E-state index is 8.93. The molecule has 24 heavy (non-hydrogen) atoms. The molecule has 0 aliphatic rings. The molecule has 0 radical (unpaired) electrons. The lowest BCUT2D eigenvalue weighted by atomic mass is 10.2. The van der Waals surface area contributed by atoms with Gasteiger partial charge in [-0.05, 0) is 42.5 Å². The first kappa shape index (κ1) is 15.9. The summed E-state index contributed by atoms with van der Waals surface area (Å²) >= 11 is 0. The van der Waals surface area contributed by atoms with Crippen molar-refractivity contribution < 1.29 is 13.6 Å². The number of nitriles is 1. The summed E-state index contributed by atoms with van der Waals surface area (Å²) < 4.78 is 16.6. The SMILES string of the molecule is N#Cc1cccc(OCCN(Cc2ccco2)Cc2ccco2)c1. The van der Waals surface area contributed by atoms with E-state index < -0.39 is 0 Å². The fourth-order valence-electron chi connectivity index (χ4n) is 2.41. The lowest BCUT2D eigenvalue weighted by Crippen LogP contribution is -2.27. The van der Waals surface area contributed by atoms with Crippen LogP contribution in [-0.4, -0.2) is 18.1 Å². The Hall–Kier alpha value is -2.97. The summed E-state index contributed by atoms with van der Waals surface area (Å²) in [4.78, 5) is 2.19. The summed E-state index contributed by atoms with van der Waals surface area (Å²) in [6, 6.07) is 16.9. The molecule has 0 saturated heterocycles. The summed E-state index contributed by atoms with van der Waals surface area (Å²) in [5.41, 5.74) is 0.593. The van der Waals surface area contributed by atoms with Crippen LogP contribution in [-0.2, 0) is 13.1 Å². The van der Waals surface area contributed by atoms with Crippen molar-refractivity contribution in [3.05, 3.63) is 78.1 Å². The van der Waals surface area contributed by atoms with Crippen LogP contribution in [0.25, 0.3) is 0 Å². The quantitative estimate of drug-likeness (QED) is 0.631. The van der Waals surface area contributed by atoms with Crippen LogP contribution < -0.4 is 4.74 Å². The van der Waals surface area contributed by atoms with Gasteiger partial charge in [0.25, 0.3) is 0 Å². The van der Waals surface area contributed by atoms with Crippen molar-refractivity contribution in [3.63, 3.8) is 0 Å². The fraction of sp³-hybridized carbons (Fsp3) is 0.211. The summed E-state index contributed by atoms with van der Waals surface area (Å²) in [5, 5.41) is 8.93. The number of hydrogen-bond acceptors (Lipinski definition) is 5. The molecule has 3 rings (SSSR count). The fourth-order valence-corrected chi connectivity index (χ4v) is 2.41. The lowest BCUT2D eigenvalue weighted by Gasteiger charge is -2.20. The van der Waals surface area contributed by atoms with Crippen molar-refractivity contribution in [1.29, 1.82) is 5.26 Å². The molecule has 1 aromatic carbocycles. The molecular weight excluding hydrogens is 304 g/mol. The number of nitrogens with zero attached hydrogens (tertiary/aromatic N) is 2. The molecule has 5 nitrogen and oxygen atoms in total. The molecule has 2 aromatic heterocycles. The van der Waals surface area contributed by atoms with Gasteiger partial charge in [0.05, 0.1) is 37.2 Å². The average molecular weight is 322 g/mol. The molecule has 0 saturated carbocycles. The molecule has 0 bridgehead atoms. The molecule has 2 heterocycles. The van der Waals surface area contributed by atoms with Crippen LogP contribution in [0.3, 0.4) is 0 Å². The van der Waals surface area contributed by atoms with Crippen molar-refractivity contribution in [3.8, 4) is 11.8 Å². The van der Waals surface area contributed by atoms with Gasteiger partial charge in [0.1, 0.15) is 23.9 Å². The third-order valence-corrected chi connectivity index (χ3v) is 3.56. The first-order chi connectivity index (χ1) is 11.8. The van der Waals surface area contributed by atoms with Crippen molar-refractivity contribution in [1.82, 2.24) is 4.90 Å². The zero-order chi connectivity index (χ0) is 16.6. The smallest absolute Gasteiger partial charge is 0.120 e. The summed E-state index contributed by atoms with van der Waals surface area (Å²) in [6.07, 6.45) is 3.34. The van der Waals surface area contributed by atoms with Gasteiger partial charge in [-0.15, -0.1) is 0 Å². The molecule has 0 amide bonds. The van der Waals surface area contributed by atoms with Gasteiger partial charge in [0.15, 0.2) is 0 Å². The maximum atomic E-state index is 8.93. The van der Waals surface area contributed by atoms with Gasteiger partial charge in [-0.25, -0.2) is 0 Å². The van der Waals surface area contributed by atoms with E-state index in [0.29, 0.717) is 37.6 Å². The summed E-state index contributed by atoms with van der Waals surface area (Å²) in [7, 11) is 0. The molecule has 0 unspecified atom stereocenters. The van der Waals surface area contributed by atoms with Crippen LogP contribution in [0.15, 0.2) is 69.9 Å². The molecule has 0 aliphatic heterocycles. The second-order valence-corrected chi connectivity index (χ2v) is 5.36. The van der Waals surface area contributed by atoms with E-state index in [1.165, 1.54) is 0 Å². The Bertz CT molecular complexity index is 737. The first-order valence-corrected chi connectivity index (χ1v) is 7.73. The monoisotopic (exact) mass is 322 g/mol. The number of rotatable bonds is 8. The van der Waals surface area contributed by atoms with Crippen LogP contribution in [0.2, 0.25) is 0 Å². The van der Waals surface area contributed by atoms with Crippen LogP contribution in [0.5, 0.6) is 5.75 Å². The van der Waals surface area contributed by atoms with E-state index in [1.54, 1.807) is 24.7 Å². The Morgan fingerprint density at radius 2 is 1.67 bits per heavy atom. The zero-order valence-electron chi connectivity index (χ0n) is 13.2. The highest BCUT2D eigenvalue weighted by Crippen LogP contribution is 2.14. The summed E-state index contributed by atoms with van der Waals surface area (Å²) in [6.45, 7) is 2.57. The van der Waals surface area contributed by atoms with Gasteiger partial charge < -0.3 is 13.6 Å². The van der Waals surface area contributed by atoms with E-state index in [9.17, 15) is 0 Å². The molecule has 0 N–H and O–H groups in total. The van der Waals surface area contributed by atoms with Crippen LogP contribution in [0.4, 0.5) is 0 Å². The molecular formula is C19H18N2O3. The first-order valence-electron chi connectivity index (χ1n) is 7.73. The highest BCUT2D eigenvalue weighted by Gasteiger charge is 2.11. The van der Waals surface area contributed by atoms with E-state index in [2.05, 4.69) is 11.0 Å². The van der Waals surface area contributed by atoms with Crippen molar-refractivity contribution >= 4 is 0 Å². The predicted molar refractivity (Wildman–Crippen MR) is 88.2 cm³/mol. The molecule has 0 fully saturated rings. The van der Waals surface area contributed by atoms with Gasteiger partial charge in [0, 0.05) is 6.54 Å². The normalized spacial score (nSPS) is 10.7. The molecule has 5 heteroatoms. The van der Waals surface area contributed by atoms with Crippen LogP contribution >= 0.6 is 0 Å². The van der Waals surface area contributed by atoms with Gasteiger partial charge in [-0.1, -0.05) is 6.07 Å². The lowest BCUT2D eigenvalue weighted by molar-refractivity contribution is 0.175. The van der Waals surface area contributed by atoms with Crippen LogP contribution in [0, 0.1) is 11.3 Å². The molecule has 0 spiro atoms. The van der Waals surface area contributed by atoms with Gasteiger partial charge in [-0.2, -0.15) is 5.26 Å². The topological polar surface area (TPSA) is 62.5 Å². The Balaban J connectivity index is 1.57. The standard InChI is InChI=1S/C19H18N2O3/c20-13-16-4-1-5-17(12-16)24-11-8-21(14-18-6-2-9-22-18)15-19-7-3-10-23-19/h1-7,9-10,12H,8,11,14-15H2. The second kappa shape index (κ2) is 8.04. The zero-order valence-corrected chi connectivity index (χ0v) is 13.2. The molecule has 0 aliphatic carbocycles. The maximum Gasteiger partial charge on any atom is 0.120 e. The van der Waals surface area contributed by atoms with Gasteiger partial charge in [-0.3, -0.25) is 4.90 Å². The predicted octanol–water partition coefficient (Wildman–Crippen LogP) is 3.83. The number of benzene rings is 1. The minimum Gasteiger partial charge on any atom is -0.492 e. The van der Waals surface area contributed by atoms with Gasteiger partial charge >= 0.3 is 0 Å². The average Bonchev–Trinajstić information content (AvgIpc) is 3.29. The molecule has 0 atom stereocenters. The Kier molecular flexibility index (Phi) is 5.33. The van der Waals surface area contributed by atoms with Gasteiger partial charge in [0.2, 0.25) is 0 Å². The Labute approximate surface area is 140 Å². The van der Waals surface area contributed by atoms with Crippen molar-refractivity contribution in [2.24, 2.45) is 0 Å². The molecule has 122 valence electrons. The van der Waals surface area contributed by atoms with E-state index in [4.69, 9.17) is 18.8 Å². The van der Waals surface area contributed by atoms with E-state index in [-0.39, 0.29) is 0 Å². The highest BCUT2D eigenvalue weighted by atomic mass is 16.5. The largest absolute Gasteiger partial charge is 0.492 e. The van der Waals surface area contributed by atoms with E-state index in [0.717, 1.165) is 11.5 Å². The number of furan rings is 2. The van der Waals surface area contributed by atoms with Crippen molar-refractivity contribution in [2.75, 3.05) is 13.2 Å². The Morgan fingerprint density at radius 3 is 2.25 bits per heavy atom. The summed E-state index contributed by atoms with van der Waals surface area (Å²) in [5.74, 6) is 2.49. The number of hydrogen-bond donors (Lipinski definition) is 0. The number of ether oxygens (including phenoxy) is 1. The van der Waals surface area contributed by atoms with E-state index >= 15 is 0 Å². The Morgan fingerprint density at radius 1 is 0.958 bits per heavy atom.